The minimum atomic E-state index is -3.60. The van der Waals surface area contributed by atoms with Gasteiger partial charge in [0, 0.05) is 11.0 Å². The predicted molar refractivity (Wildman–Crippen MR) is 92.5 cm³/mol. The van der Waals surface area contributed by atoms with Gasteiger partial charge in [-0.05, 0) is 12.1 Å². The van der Waals surface area contributed by atoms with E-state index in [1.54, 1.807) is 24.3 Å². The molecule has 1 aliphatic carbocycles. The number of hydrogen-bond acceptors (Lipinski definition) is 7. The fourth-order valence-electron chi connectivity index (χ4n) is 2.49. The van der Waals surface area contributed by atoms with E-state index >= 15 is 0 Å². The maximum Gasteiger partial charge on any atom is 0.229 e. The number of thioether (sulfide) groups is 1. The van der Waals surface area contributed by atoms with Gasteiger partial charge < -0.3 is 4.74 Å². The molecule has 0 saturated carbocycles. The lowest BCUT2D eigenvalue weighted by Gasteiger charge is -2.26. The molecule has 3 rings (SSSR count). The Morgan fingerprint density at radius 3 is 2.68 bits per heavy atom. The van der Waals surface area contributed by atoms with E-state index in [-0.39, 0.29) is 17.2 Å². The molecule has 8 nitrogen and oxygen atoms in total. The Morgan fingerprint density at radius 1 is 1.32 bits per heavy atom. The second-order valence-electron chi connectivity index (χ2n) is 5.33. The molecule has 132 valence electrons. The second kappa shape index (κ2) is 6.90. The van der Waals surface area contributed by atoms with E-state index in [1.807, 2.05) is 6.07 Å². The van der Waals surface area contributed by atoms with Crippen molar-refractivity contribution >= 4 is 34.0 Å². The van der Waals surface area contributed by atoms with Crippen LogP contribution in [0.2, 0.25) is 0 Å². The number of amides is 1. The second-order valence-corrected chi connectivity index (χ2v) is 8.07. The van der Waals surface area contributed by atoms with Crippen LogP contribution >= 0.6 is 11.8 Å². The van der Waals surface area contributed by atoms with Crippen molar-refractivity contribution in [3.8, 4) is 5.75 Å². The Labute approximate surface area is 148 Å². The number of rotatable bonds is 6. The summed E-state index contributed by atoms with van der Waals surface area (Å²) in [6.45, 7) is 0. The monoisotopic (exact) mass is 381 g/mol. The SMILES string of the molecule is CS(=O)(=O)NC1=C2SCN(NC=O)C2C(=O)C=C1Oc1ccccc1. The minimum Gasteiger partial charge on any atom is -0.455 e. The Hall–Kier alpha value is -2.30. The van der Waals surface area contributed by atoms with Crippen LogP contribution in [0.15, 0.2) is 52.8 Å². The molecule has 10 heteroatoms. The largest absolute Gasteiger partial charge is 0.455 e. The summed E-state index contributed by atoms with van der Waals surface area (Å²) in [7, 11) is -3.60. The minimum absolute atomic E-state index is 0.119. The maximum atomic E-state index is 12.5. The fraction of sp³-hybridized carbons (Fsp3) is 0.200. The molecule has 0 spiro atoms. The van der Waals surface area contributed by atoms with Crippen molar-refractivity contribution < 1.29 is 22.7 Å². The summed E-state index contributed by atoms with van der Waals surface area (Å²) in [6.07, 6.45) is 2.73. The van der Waals surface area contributed by atoms with Gasteiger partial charge in [0.25, 0.3) is 0 Å². The van der Waals surface area contributed by atoms with Crippen molar-refractivity contribution in [1.82, 2.24) is 15.2 Å². The van der Waals surface area contributed by atoms with E-state index in [0.29, 0.717) is 22.9 Å². The number of fused-ring (bicyclic) bond motifs is 1. The van der Waals surface area contributed by atoms with E-state index in [4.69, 9.17) is 4.74 Å². The van der Waals surface area contributed by atoms with Crippen LogP contribution in [0.4, 0.5) is 0 Å². The van der Waals surface area contributed by atoms with E-state index in [9.17, 15) is 18.0 Å². The molecule has 1 heterocycles. The highest BCUT2D eigenvalue weighted by Crippen LogP contribution is 2.39. The first-order valence-corrected chi connectivity index (χ1v) is 10.1. The number of benzene rings is 1. The maximum absolute atomic E-state index is 12.5. The number of ketones is 1. The molecule has 25 heavy (non-hydrogen) atoms. The normalized spacial score (nSPS) is 20.8. The predicted octanol–water partition coefficient (Wildman–Crippen LogP) is 0.329. The molecule has 1 amide bonds. The van der Waals surface area contributed by atoms with Gasteiger partial charge in [0.05, 0.1) is 12.1 Å². The van der Waals surface area contributed by atoms with E-state index in [1.165, 1.54) is 22.8 Å². The highest BCUT2D eigenvalue weighted by Gasteiger charge is 2.42. The number of hydrazine groups is 1. The van der Waals surface area contributed by atoms with Gasteiger partial charge in [0.1, 0.15) is 17.5 Å². The van der Waals surface area contributed by atoms with Crippen molar-refractivity contribution in [2.75, 3.05) is 12.1 Å². The highest BCUT2D eigenvalue weighted by molar-refractivity contribution is 8.03. The number of carbonyl (C=O) groups is 2. The van der Waals surface area contributed by atoms with Crippen molar-refractivity contribution in [2.45, 2.75) is 6.04 Å². The summed E-state index contributed by atoms with van der Waals surface area (Å²) in [5.41, 5.74) is 2.66. The lowest BCUT2D eigenvalue weighted by Crippen LogP contribution is -2.47. The number of nitrogens with zero attached hydrogens (tertiary/aromatic N) is 1. The first-order chi connectivity index (χ1) is 11.9. The average molecular weight is 381 g/mol. The Kier molecular flexibility index (Phi) is 4.84. The van der Waals surface area contributed by atoms with Gasteiger partial charge in [-0.3, -0.25) is 19.7 Å². The van der Waals surface area contributed by atoms with Crippen LogP contribution in [-0.2, 0) is 19.6 Å². The van der Waals surface area contributed by atoms with Gasteiger partial charge in [0.2, 0.25) is 16.4 Å². The van der Waals surface area contributed by atoms with E-state index < -0.39 is 16.1 Å². The fourth-order valence-corrected chi connectivity index (χ4v) is 4.33. The summed E-state index contributed by atoms with van der Waals surface area (Å²) in [4.78, 5) is 23.7. The van der Waals surface area contributed by atoms with Crippen molar-refractivity contribution in [2.24, 2.45) is 0 Å². The van der Waals surface area contributed by atoms with Gasteiger partial charge in [-0.25, -0.2) is 8.42 Å². The molecular formula is C15H15N3O5S2. The molecular weight excluding hydrogens is 366 g/mol. The van der Waals surface area contributed by atoms with Crippen LogP contribution in [0.5, 0.6) is 5.75 Å². The summed E-state index contributed by atoms with van der Waals surface area (Å²) in [6, 6.07) is 7.96. The van der Waals surface area contributed by atoms with Crippen LogP contribution < -0.4 is 14.9 Å². The average Bonchev–Trinajstić information content (AvgIpc) is 2.96. The third-order valence-electron chi connectivity index (χ3n) is 3.43. The summed E-state index contributed by atoms with van der Waals surface area (Å²) in [5.74, 6) is 0.596. The molecule has 2 aliphatic rings. The number of sulfonamides is 1. The van der Waals surface area contributed by atoms with Crippen LogP contribution in [0.3, 0.4) is 0 Å². The van der Waals surface area contributed by atoms with Gasteiger partial charge in [-0.15, -0.1) is 11.8 Å². The Balaban J connectivity index is 2.01. The molecule has 0 bridgehead atoms. The summed E-state index contributed by atoms with van der Waals surface area (Å²) >= 11 is 1.26. The Bertz CT molecular complexity index is 864. The molecule has 1 aliphatic heterocycles. The number of ether oxygens (including phenoxy) is 1. The molecule has 1 atom stereocenters. The number of hydrogen-bond donors (Lipinski definition) is 2. The van der Waals surface area contributed by atoms with Gasteiger partial charge in [-0.2, -0.15) is 5.01 Å². The number of carbonyl (C=O) groups excluding carboxylic acids is 2. The number of para-hydroxylation sites is 1. The van der Waals surface area contributed by atoms with Gasteiger partial charge in [-0.1, -0.05) is 18.2 Å². The van der Waals surface area contributed by atoms with Crippen LogP contribution in [-0.4, -0.2) is 43.8 Å². The molecule has 1 fully saturated rings. The first-order valence-electron chi connectivity index (χ1n) is 7.19. The van der Waals surface area contributed by atoms with Crippen LogP contribution in [0, 0.1) is 0 Å². The zero-order chi connectivity index (χ0) is 18.0. The van der Waals surface area contributed by atoms with Crippen LogP contribution in [0.25, 0.3) is 0 Å². The van der Waals surface area contributed by atoms with Crippen molar-refractivity contribution in [3.63, 3.8) is 0 Å². The van der Waals surface area contributed by atoms with Crippen molar-refractivity contribution in [3.05, 3.63) is 52.8 Å². The quantitative estimate of drug-likeness (QED) is 0.684. The zero-order valence-corrected chi connectivity index (χ0v) is 14.8. The smallest absolute Gasteiger partial charge is 0.229 e. The Morgan fingerprint density at radius 2 is 2.04 bits per heavy atom. The molecule has 0 aromatic heterocycles. The van der Waals surface area contributed by atoms with Crippen molar-refractivity contribution in [1.29, 1.82) is 0 Å². The summed E-state index contributed by atoms with van der Waals surface area (Å²) in [5, 5.41) is 1.44. The standard InChI is InChI=1S/C15H15N3O5S2/c1-25(21,22)17-13-12(23-10-5-3-2-4-6-10)7-11(20)14-15(13)24-9-18(14)16-8-19/h2-8,14,17H,9H2,1H3,(H,16,19). The molecule has 1 aromatic carbocycles. The lowest BCUT2D eigenvalue weighted by molar-refractivity contribution is -0.121. The topological polar surface area (TPSA) is 105 Å². The molecule has 1 unspecified atom stereocenters. The third kappa shape index (κ3) is 3.86. The molecule has 0 radical (unpaired) electrons. The van der Waals surface area contributed by atoms with Gasteiger partial charge >= 0.3 is 0 Å². The first kappa shape index (κ1) is 17.5. The highest BCUT2D eigenvalue weighted by atomic mass is 32.2. The summed E-state index contributed by atoms with van der Waals surface area (Å²) < 4.78 is 31.7. The van der Waals surface area contributed by atoms with E-state index in [2.05, 4.69) is 10.1 Å². The van der Waals surface area contributed by atoms with Crippen LogP contribution in [0.1, 0.15) is 0 Å². The zero-order valence-electron chi connectivity index (χ0n) is 13.1. The third-order valence-corrected chi connectivity index (χ3v) is 5.15. The molecule has 1 aromatic rings. The lowest BCUT2D eigenvalue weighted by atomic mass is 10.0. The molecule has 2 N–H and O–H groups in total. The molecule has 1 saturated heterocycles. The number of nitrogens with one attached hydrogen (secondary N) is 2. The van der Waals surface area contributed by atoms with Gasteiger partial charge in [0.15, 0.2) is 11.5 Å². The van der Waals surface area contributed by atoms with E-state index in [0.717, 1.165) is 6.26 Å².